The molecule has 0 bridgehead atoms. The summed E-state index contributed by atoms with van der Waals surface area (Å²) in [4.78, 5) is 27.7. The standard InChI is InChI=1S/C13H24N4O2/c1-2-3-15-12(18)10-16-4-6-17(7-5-16)13(19)11-8-14-9-11/h11,14H,2-10H2,1H3,(H,15,18). The first kappa shape index (κ1) is 14.3. The van der Waals surface area contributed by atoms with Crippen LogP contribution in [0, 0.1) is 5.92 Å². The summed E-state index contributed by atoms with van der Waals surface area (Å²) in [5.41, 5.74) is 0. The molecule has 2 rings (SSSR count). The number of nitrogens with zero attached hydrogens (tertiary/aromatic N) is 2. The topological polar surface area (TPSA) is 64.7 Å². The molecule has 6 nitrogen and oxygen atoms in total. The Hall–Kier alpha value is -1.14. The smallest absolute Gasteiger partial charge is 0.234 e. The van der Waals surface area contributed by atoms with Crippen LogP contribution < -0.4 is 10.6 Å². The summed E-state index contributed by atoms with van der Waals surface area (Å²) in [5.74, 6) is 0.540. The van der Waals surface area contributed by atoms with Gasteiger partial charge in [0.2, 0.25) is 11.8 Å². The lowest BCUT2D eigenvalue weighted by molar-refractivity contribution is -0.139. The number of carbonyl (C=O) groups is 2. The van der Waals surface area contributed by atoms with Gasteiger partial charge in [0, 0.05) is 45.8 Å². The van der Waals surface area contributed by atoms with Gasteiger partial charge in [0.1, 0.15) is 0 Å². The normalized spacial score (nSPS) is 21.0. The monoisotopic (exact) mass is 268 g/mol. The van der Waals surface area contributed by atoms with Gasteiger partial charge in [-0.15, -0.1) is 0 Å². The molecule has 0 radical (unpaired) electrons. The summed E-state index contributed by atoms with van der Waals surface area (Å²) in [6, 6.07) is 0. The van der Waals surface area contributed by atoms with Crippen molar-refractivity contribution in [2.75, 3.05) is 52.4 Å². The molecular weight excluding hydrogens is 244 g/mol. The van der Waals surface area contributed by atoms with Crippen LogP contribution in [0.1, 0.15) is 13.3 Å². The molecule has 0 spiro atoms. The van der Waals surface area contributed by atoms with E-state index in [1.165, 1.54) is 0 Å². The first-order chi connectivity index (χ1) is 9.20. The summed E-state index contributed by atoms with van der Waals surface area (Å²) in [5, 5.41) is 6.01. The van der Waals surface area contributed by atoms with Gasteiger partial charge in [-0.3, -0.25) is 14.5 Å². The van der Waals surface area contributed by atoms with E-state index in [0.717, 1.165) is 52.2 Å². The zero-order valence-corrected chi connectivity index (χ0v) is 11.7. The molecule has 0 aromatic rings. The first-order valence-electron chi connectivity index (χ1n) is 7.19. The molecule has 2 amide bonds. The van der Waals surface area contributed by atoms with E-state index in [1.54, 1.807) is 0 Å². The molecule has 6 heteroatoms. The predicted octanol–water partition coefficient (Wildman–Crippen LogP) is -1.12. The Labute approximate surface area is 114 Å². The fraction of sp³-hybridized carbons (Fsp3) is 0.846. The average Bonchev–Trinajstić information content (AvgIpc) is 2.35. The number of nitrogens with one attached hydrogen (secondary N) is 2. The maximum absolute atomic E-state index is 12.0. The Balaban J connectivity index is 1.67. The van der Waals surface area contributed by atoms with Gasteiger partial charge >= 0.3 is 0 Å². The van der Waals surface area contributed by atoms with E-state index in [4.69, 9.17) is 0 Å². The number of hydrogen-bond donors (Lipinski definition) is 2. The fourth-order valence-corrected chi connectivity index (χ4v) is 2.37. The second-order valence-corrected chi connectivity index (χ2v) is 5.31. The molecule has 2 N–H and O–H groups in total. The van der Waals surface area contributed by atoms with Crippen LogP contribution in [0.25, 0.3) is 0 Å². The average molecular weight is 268 g/mol. The largest absolute Gasteiger partial charge is 0.355 e. The van der Waals surface area contributed by atoms with Gasteiger partial charge in [-0.25, -0.2) is 0 Å². The van der Waals surface area contributed by atoms with Crippen molar-refractivity contribution in [3.8, 4) is 0 Å². The minimum Gasteiger partial charge on any atom is -0.355 e. The van der Waals surface area contributed by atoms with E-state index in [0.29, 0.717) is 6.54 Å². The van der Waals surface area contributed by atoms with Crippen molar-refractivity contribution in [1.29, 1.82) is 0 Å². The highest BCUT2D eigenvalue weighted by Gasteiger charge is 2.31. The number of amides is 2. The molecule has 2 saturated heterocycles. The molecule has 0 saturated carbocycles. The summed E-state index contributed by atoms with van der Waals surface area (Å²) in [6.45, 7) is 7.96. The molecule has 2 aliphatic heterocycles. The van der Waals surface area contributed by atoms with E-state index in [1.807, 2.05) is 11.8 Å². The Morgan fingerprint density at radius 1 is 1.21 bits per heavy atom. The molecule has 0 aromatic heterocycles. The molecule has 2 aliphatic rings. The Morgan fingerprint density at radius 3 is 2.42 bits per heavy atom. The zero-order valence-electron chi connectivity index (χ0n) is 11.7. The number of hydrogen-bond acceptors (Lipinski definition) is 4. The zero-order chi connectivity index (χ0) is 13.7. The van der Waals surface area contributed by atoms with E-state index < -0.39 is 0 Å². The molecular formula is C13H24N4O2. The lowest BCUT2D eigenvalue weighted by Gasteiger charge is -2.38. The minimum atomic E-state index is 0.0878. The third-order valence-electron chi connectivity index (χ3n) is 3.75. The van der Waals surface area contributed by atoms with Crippen molar-refractivity contribution in [3.63, 3.8) is 0 Å². The van der Waals surface area contributed by atoms with Crippen molar-refractivity contribution in [1.82, 2.24) is 20.4 Å². The van der Waals surface area contributed by atoms with Crippen molar-refractivity contribution < 1.29 is 9.59 Å². The van der Waals surface area contributed by atoms with E-state index >= 15 is 0 Å². The lowest BCUT2D eigenvalue weighted by Crippen LogP contribution is -2.57. The molecule has 2 heterocycles. The maximum atomic E-state index is 12.0. The number of carbonyl (C=O) groups excluding carboxylic acids is 2. The summed E-state index contributed by atoms with van der Waals surface area (Å²) >= 11 is 0. The maximum Gasteiger partial charge on any atom is 0.234 e. The summed E-state index contributed by atoms with van der Waals surface area (Å²) in [6.07, 6.45) is 0.962. The first-order valence-corrected chi connectivity index (χ1v) is 7.19. The van der Waals surface area contributed by atoms with Crippen LogP contribution in [0.4, 0.5) is 0 Å². The van der Waals surface area contributed by atoms with E-state index in [9.17, 15) is 9.59 Å². The van der Waals surface area contributed by atoms with Gasteiger partial charge in [-0.2, -0.15) is 0 Å². The van der Waals surface area contributed by atoms with Crippen LogP contribution >= 0.6 is 0 Å². The quantitative estimate of drug-likeness (QED) is 0.663. The molecule has 0 atom stereocenters. The van der Waals surface area contributed by atoms with Crippen molar-refractivity contribution in [2.45, 2.75) is 13.3 Å². The van der Waals surface area contributed by atoms with Crippen LogP contribution in [0.2, 0.25) is 0 Å². The van der Waals surface area contributed by atoms with Crippen LogP contribution in [0.15, 0.2) is 0 Å². The highest BCUT2D eigenvalue weighted by molar-refractivity contribution is 5.80. The molecule has 19 heavy (non-hydrogen) atoms. The molecule has 0 aliphatic carbocycles. The van der Waals surface area contributed by atoms with Gasteiger partial charge in [0.05, 0.1) is 12.5 Å². The van der Waals surface area contributed by atoms with Crippen LogP contribution in [-0.2, 0) is 9.59 Å². The molecule has 108 valence electrons. The van der Waals surface area contributed by atoms with Crippen molar-refractivity contribution >= 4 is 11.8 Å². The SMILES string of the molecule is CCCNC(=O)CN1CCN(C(=O)C2CNC2)CC1. The highest BCUT2D eigenvalue weighted by atomic mass is 16.2. The Morgan fingerprint density at radius 2 is 1.89 bits per heavy atom. The predicted molar refractivity (Wildman–Crippen MR) is 72.7 cm³/mol. The third-order valence-corrected chi connectivity index (χ3v) is 3.75. The summed E-state index contributed by atoms with van der Waals surface area (Å²) in [7, 11) is 0. The second kappa shape index (κ2) is 6.86. The molecule has 0 aromatic carbocycles. The lowest BCUT2D eigenvalue weighted by atomic mass is 10.0. The third kappa shape index (κ3) is 3.91. The Kier molecular flexibility index (Phi) is 5.15. The minimum absolute atomic E-state index is 0.0878. The van der Waals surface area contributed by atoms with Gasteiger partial charge in [0.25, 0.3) is 0 Å². The van der Waals surface area contributed by atoms with Gasteiger partial charge in [-0.1, -0.05) is 6.92 Å². The Bertz CT molecular complexity index is 323. The van der Waals surface area contributed by atoms with Crippen molar-refractivity contribution in [3.05, 3.63) is 0 Å². The van der Waals surface area contributed by atoms with Crippen LogP contribution in [0.5, 0.6) is 0 Å². The van der Waals surface area contributed by atoms with Gasteiger partial charge < -0.3 is 15.5 Å². The second-order valence-electron chi connectivity index (χ2n) is 5.31. The van der Waals surface area contributed by atoms with Gasteiger partial charge in [0.15, 0.2) is 0 Å². The summed E-state index contributed by atoms with van der Waals surface area (Å²) < 4.78 is 0. The van der Waals surface area contributed by atoms with Crippen LogP contribution in [-0.4, -0.2) is 74.0 Å². The number of piperazine rings is 1. The van der Waals surface area contributed by atoms with E-state index in [-0.39, 0.29) is 17.7 Å². The van der Waals surface area contributed by atoms with Crippen LogP contribution in [0.3, 0.4) is 0 Å². The van der Waals surface area contributed by atoms with Crippen molar-refractivity contribution in [2.24, 2.45) is 5.92 Å². The van der Waals surface area contributed by atoms with E-state index in [2.05, 4.69) is 15.5 Å². The fourth-order valence-electron chi connectivity index (χ4n) is 2.37. The number of rotatable bonds is 5. The highest BCUT2D eigenvalue weighted by Crippen LogP contribution is 2.10. The molecule has 2 fully saturated rings. The van der Waals surface area contributed by atoms with Gasteiger partial charge in [-0.05, 0) is 6.42 Å². The molecule has 0 unspecified atom stereocenters.